The van der Waals surface area contributed by atoms with Crippen LogP contribution in [0.3, 0.4) is 0 Å². The number of hydrogen-bond acceptors (Lipinski definition) is 3. The van der Waals surface area contributed by atoms with Gasteiger partial charge in [-0.25, -0.2) is 0 Å². The Kier molecular flexibility index (Phi) is 4.51. The molecule has 3 N–H and O–H groups in total. The SMILES string of the molecule is CC(NC(=O)c1cccc(N)c1)c1ccc(N2CCCC2=O)cc1. The van der Waals surface area contributed by atoms with Crippen LogP contribution in [0, 0.1) is 0 Å². The standard InChI is InChI=1S/C19H21N3O2/c1-13(21-19(24)15-4-2-5-16(20)12-15)14-7-9-17(10-8-14)22-11-3-6-18(22)23/h2,4-5,7-10,12-13H,3,6,11,20H2,1H3,(H,21,24). The fourth-order valence-electron chi connectivity index (χ4n) is 2.91. The van der Waals surface area contributed by atoms with E-state index in [0.717, 1.165) is 24.2 Å². The second-order valence-corrected chi connectivity index (χ2v) is 6.06. The van der Waals surface area contributed by atoms with Gasteiger partial charge in [0.2, 0.25) is 5.91 Å². The number of carbonyl (C=O) groups is 2. The number of nitrogen functional groups attached to an aromatic ring is 1. The first kappa shape index (κ1) is 16.1. The second kappa shape index (κ2) is 6.74. The Morgan fingerprint density at radius 2 is 1.96 bits per heavy atom. The van der Waals surface area contributed by atoms with E-state index >= 15 is 0 Å². The lowest BCUT2D eigenvalue weighted by molar-refractivity contribution is -0.117. The predicted molar refractivity (Wildman–Crippen MR) is 94.8 cm³/mol. The van der Waals surface area contributed by atoms with E-state index in [4.69, 9.17) is 5.73 Å². The number of hydrogen-bond donors (Lipinski definition) is 2. The van der Waals surface area contributed by atoms with Gasteiger partial charge in [-0.05, 0) is 49.2 Å². The van der Waals surface area contributed by atoms with E-state index in [1.54, 1.807) is 29.2 Å². The second-order valence-electron chi connectivity index (χ2n) is 6.06. The monoisotopic (exact) mass is 323 g/mol. The van der Waals surface area contributed by atoms with Gasteiger partial charge in [-0.2, -0.15) is 0 Å². The molecular formula is C19H21N3O2. The van der Waals surface area contributed by atoms with E-state index in [2.05, 4.69) is 5.32 Å². The fourth-order valence-corrected chi connectivity index (χ4v) is 2.91. The minimum atomic E-state index is -0.159. The zero-order valence-electron chi connectivity index (χ0n) is 13.7. The molecular weight excluding hydrogens is 302 g/mol. The first-order chi connectivity index (χ1) is 11.5. The molecule has 2 aromatic rings. The average Bonchev–Trinajstić information content (AvgIpc) is 3.01. The number of benzene rings is 2. The molecule has 0 bridgehead atoms. The molecule has 3 rings (SSSR count). The Labute approximate surface area is 141 Å². The normalized spacial score (nSPS) is 15.4. The number of carbonyl (C=O) groups excluding carboxylic acids is 2. The van der Waals surface area contributed by atoms with Crippen LogP contribution in [0.2, 0.25) is 0 Å². The summed E-state index contributed by atoms with van der Waals surface area (Å²) in [6, 6.07) is 14.5. The van der Waals surface area contributed by atoms with E-state index in [-0.39, 0.29) is 17.9 Å². The van der Waals surface area contributed by atoms with Gasteiger partial charge < -0.3 is 16.0 Å². The lowest BCUT2D eigenvalue weighted by atomic mass is 10.1. The Hall–Kier alpha value is -2.82. The van der Waals surface area contributed by atoms with E-state index in [0.29, 0.717) is 17.7 Å². The van der Waals surface area contributed by atoms with Crippen LogP contribution in [0.4, 0.5) is 11.4 Å². The maximum absolute atomic E-state index is 12.3. The molecule has 0 radical (unpaired) electrons. The Balaban J connectivity index is 1.67. The van der Waals surface area contributed by atoms with E-state index in [9.17, 15) is 9.59 Å². The number of nitrogens with one attached hydrogen (secondary N) is 1. The fraction of sp³-hybridized carbons (Fsp3) is 0.263. The molecule has 1 fully saturated rings. The van der Waals surface area contributed by atoms with Gasteiger partial charge in [0.25, 0.3) is 5.91 Å². The molecule has 0 aromatic heterocycles. The highest BCUT2D eigenvalue weighted by atomic mass is 16.2. The molecule has 0 spiro atoms. The zero-order chi connectivity index (χ0) is 17.1. The Bertz CT molecular complexity index is 755. The molecule has 5 nitrogen and oxygen atoms in total. The summed E-state index contributed by atoms with van der Waals surface area (Å²) in [5.74, 6) is 0.0133. The molecule has 2 aromatic carbocycles. The van der Waals surface area contributed by atoms with Crippen molar-refractivity contribution in [2.24, 2.45) is 0 Å². The molecule has 0 saturated carbocycles. The number of nitrogens with two attached hydrogens (primary N) is 1. The van der Waals surface area contributed by atoms with Crippen LogP contribution in [-0.4, -0.2) is 18.4 Å². The van der Waals surface area contributed by atoms with Crippen LogP contribution < -0.4 is 16.0 Å². The van der Waals surface area contributed by atoms with Gasteiger partial charge in [-0.3, -0.25) is 9.59 Å². The molecule has 1 unspecified atom stereocenters. The van der Waals surface area contributed by atoms with Gasteiger partial charge in [0.1, 0.15) is 0 Å². The third-order valence-corrected chi connectivity index (χ3v) is 4.27. The zero-order valence-corrected chi connectivity index (χ0v) is 13.7. The third kappa shape index (κ3) is 3.40. The number of anilines is 2. The number of amides is 2. The lowest BCUT2D eigenvalue weighted by Crippen LogP contribution is -2.27. The summed E-state index contributed by atoms with van der Waals surface area (Å²) in [6.45, 7) is 2.71. The highest BCUT2D eigenvalue weighted by molar-refractivity contribution is 5.96. The van der Waals surface area contributed by atoms with Crippen LogP contribution in [0.15, 0.2) is 48.5 Å². The maximum Gasteiger partial charge on any atom is 0.251 e. The summed E-state index contributed by atoms with van der Waals surface area (Å²) in [6.07, 6.45) is 1.53. The summed E-state index contributed by atoms with van der Waals surface area (Å²) in [5.41, 5.74) is 8.72. The molecule has 1 heterocycles. The van der Waals surface area contributed by atoms with Crippen LogP contribution in [0.1, 0.15) is 41.7 Å². The Morgan fingerprint density at radius 1 is 1.21 bits per heavy atom. The quantitative estimate of drug-likeness (QED) is 0.850. The van der Waals surface area contributed by atoms with Gasteiger partial charge in [-0.15, -0.1) is 0 Å². The van der Waals surface area contributed by atoms with Crippen molar-refractivity contribution in [1.82, 2.24) is 5.32 Å². The van der Waals surface area contributed by atoms with Crippen LogP contribution in [0.25, 0.3) is 0 Å². The van der Waals surface area contributed by atoms with Crippen molar-refractivity contribution in [2.75, 3.05) is 17.2 Å². The van der Waals surface area contributed by atoms with Crippen molar-refractivity contribution >= 4 is 23.2 Å². The summed E-state index contributed by atoms with van der Waals surface area (Å²) in [4.78, 5) is 25.9. The lowest BCUT2D eigenvalue weighted by Gasteiger charge is -2.18. The highest BCUT2D eigenvalue weighted by Gasteiger charge is 2.21. The van der Waals surface area contributed by atoms with Crippen molar-refractivity contribution in [3.8, 4) is 0 Å². The molecule has 0 aliphatic carbocycles. The summed E-state index contributed by atoms with van der Waals surface area (Å²) in [7, 11) is 0. The van der Waals surface area contributed by atoms with Crippen molar-refractivity contribution in [1.29, 1.82) is 0 Å². The molecule has 1 aliphatic heterocycles. The molecule has 24 heavy (non-hydrogen) atoms. The highest BCUT2D eigenvalue weighted by Crippen LogP contribution is 2.23. The first-order valence-electron chi connectivity index (χ1n) is 8.11. The number of nitrogens with zero attached hydrogens (tertiary/aromatic N) is 1. The average molecular weight is 323 g/mol. The molecule has 5 heteroatoms. The van der Waals surface area contributed by atoms with Gasteiger partial charge in [0.15, 0.2) is 0 Å². The molecule has 1 aliphatic rings. The summed E-state index contributed by atoms with van der Waals surface area (Å²) < 4.78 is 0. The Morgan fingerprint density at radius 3 is 2.58 bits per heavy atom. The summed E-state index contributed by atoms with van der Waals surface area (Å²) in [5, 5.41) is 2.96. The molecule has 1 saturated heterocycles. The van der Waals surface area contributed by atoms with Gasteiger partial charge >= 0.3 is 0 Å². The van der Waals surface area contributed by atoms with Crippen molar-refractivity contribution < 1.29 is 9.59 Å². The van der Waals surface area contributed by atoms with E-state index in [1.165, 1.54) is 0 Å². The van der Waals surface area contributed by atoms with Crippen LogP contribution in [0.5, 0.6) is 0 Å². The molecule has 2 amide bonds. The summed E-state index contributed by atoms with van der Waals surface area (Å²) >= 11 is 0. The van der Waals surface area contributed by atoms with Gasteiger partial charge in [0.05, 0.1) is 6.04 Å². The third-order valence-electron chi connectivity index (χ3n) is 4.27. The van der Waals surface area contributed by atoms with Crippen LogP contribution >= 0.6 is 0 Å². The van der Waals surface area contributed by atoms with E-state index in [1.807, 2.05) is 31.2 Å². The minimum absolute atomic E-state index is 0.137. The maximum atomic E-state index is 12.3. The van der Waals surface area contributed by atoms with Crippen LogP contribution in [-0.2, 0) is 4.79 Å². The van der Waals surface area contributed by atoms with Gasteiger partial charge in [-0.1, -0.05) is 18.2 Å². The van der Waals surface area contributed by atoms with Gasteiger partial charge in [0, 0.05) is 29.9 Å². The smallest absolute Gasteiger partial charge is 0.251 e. The van der Waals surface area contributed by atoms with Crippen molar-refractivity contribution in [3.63, 3.8) is 0 Å². The van der Waals surface area contributed by atoms with Crippen molar-refractivity contribution in [3.05, 3.63) is 59.7 Å². The number of rotatable bonds is 4. The van der Waals surface area contributed by atoms with E-state index < -0.39 is 0 Å². The molecule has 1 atom stereocenters. The molecule has 124 valence electrons. The topological polar surface area (TPSA) is 75.4 Å². The largest absolute Gasteiger partial charge is 0.399 e. The first-order valence-corrected chi connectivity index (χ1v) is 8.11. The van der Waals surface area contributed by atoms with Crippen molar-refractivity contribution in [2.45, 2.75) is 25.8 Å². The minimum Gasteiger partial charge on any atom is -0.399 e. The predicted octanol–water partition coefficient (Wildman–Crippen LogP) is 2.89.